The Bertz CT molecular complexity index is 512. The van der Waals surface area contributed by atoms with Gasteiger partial charge in [-0.2, -0.15) is 5.26 Å². The Morgan fingerprint density at radius 2 is 2.22 bits per heavy atom. The van der Waals surface area contributed by atoms with E-state index in [9.17, 15) is 9.59 Å². The molecule has 1 aromatic carbocycles. The SMILES string of the molecule is N#Cc1ccc(NC(=O)NOCC(=O)O)cc1Cl. The predicted octanol–water partition coefficient (Wildman–Crippen LogP) is 1.35. The number of hydroxylamine groups is 1. The van der Waals surface area contributed by atoms with Crippen LogP contribution in [0, 0.1) is 11.3 Å². The van der Waals surface area contributed by atoms with Crippen molar-refractivity contribution >= 4 is 29.3 Å². The number of carbonyl (C=O) groups excluding carboxylic acids is 1. The number of nitriles is 1. The third-order valence-corrected chi connectivity index (χ3v) is 2.02. The topological polar surface area (TPSA) is 111 Å². The van der Waals surface area contributed by atoms with E-state index >= 15 is 0 Å². The molecule has 0 saturated carbocycles. The van der Waals surface area contributed by atoms with Crippen LogP contribution in [0.3, 0.4) is 0 Å². The number of anilines is 1. The van der Waals surface area contributed by atoms with E-state index in [2.05, 4.69) is 10.2 Å². The fourth-order valence-corrected chi connectivity index (χ4v) is 1.23. The van der Waals surface area contributed by atoms with Gasteiger partial charge in [-0.3, -0.25) is 4.84 Å². The molecule has 18 heavy (non-hydrogen) atoms. The summed E-state index contributed by atoms with van der Waals surface area (Å²) >= 11 is 5.76. The van der Waals surface area contributed by atoms with Gasteiger partial charge in [0, 0.05) is 5.69 Å². The summed E-state index contributed by atoms with van der Waals surface area (Å²) in [5.74, 6) is -1.21. The largest absolute Gasteiger partial charge is 0.479 e. The molecule has 3 N–H and O–H groups in total. The molecular formula is C10H8ClN3O4. The van der Waals surface area contributed by atoms with Gasteiger partial charge in [0.2, 0.25) is 0 Å². The second-order valence-corrected chi connectivity index (χ2v) is 3.45. The lowest BCUT2D eigenvalue weighted by molar-refractivity contribution is -0.143. The predicted molar refractivity (Wildman–Crippen MR) is 61.9 cm³/mol. The van der Waals surface area contributed by atoms with Crippen LogP contribution in [0.2, 0.25) is 5.02 Å². The number of carboxylic acids is 1. The first-order valence-electron chi connectivity index (χ1n) is 4.63. The highest BCUT2D eigenvalue weighted by molar-refractivity contribution is 6.32. The van der Waals surface area contributed by atoms with Gasteiger partial charge in [0.25, 0.3) is 0 Å². The number of benzene rings is 1. The van der Waals surface area contributed by atoms with Crippen molar-refractivity contribution < 1.29 is 19.5 Å². The highest BCUT2D eigenvalue weighted by atomic mass is 35.5. The molecule has 0 aliphatic rings. The van der Waals surface area contributed by atoms with Gasteiger partial charge >= 0.3 is 12.0 Å². The number of aliphatic carboxylic acids is 1. The molecule has 0 unspecified atom stereocenters. The van der Waals surface area contributed by atoms with E-state index in [0.29, 0.717) is 5.69 Å². The molecule has 0 spiro atoms. The minimum atomic E-state index is -1.21. The highest BCUT2D eigenvalue weighted by Crippen LogP contribution is 2.19. The Hall–Kier alpha value is -2.30. The third-order valence-electron chi connectivity index (χ3n) is 1.71. The Balaban J connectivity index is 2.52. The molecule has 0 bridgehead atoms. The van der Waals surface area contributed by atoms with Crippen LogP contribution in [0.4, 0.5) is 10.5 Å². The number of hydrogen-bond acceptors (Lipinski definition) is 4. The molecule has 0 radical (unpaired) electrons. The van der Waals surface area contributed by atoms with Gasteiger partial charge in [-0.15, -0.1) is 0 Å². The van der Waals surface area contributed by atoms with Gasteiger partial charge in [0.05, 0.1) is 10.6 Å². The lowest BCUT2D eigenvalue weighted by Crippen LogP contribution is -2.30. The second kappa shape index (κ2) is 6.44. The van der Waals surface area contributed by atoms with Crippen LogP contribution >= 0.6 is 11.6 Å². The van der Waals surface area contributed by atoms with Crippen molar-refractivity contribution in [3.8, 4) is 6.07 Å². The van der Waals surface area contributed by atoms with E-state index in [1.54, 1.807) is 0 Å². The van der Waals surface area contributed by atoms with Gasteiger partial charge in [-0.05, 0) is 18.2 Å². The third kappa shape index (κ3) is 4.29. The van der Waals surface area contributed by atoms with E-state index in [1.165, 1.54) is 18.2 Å². The van der Waals surface area contributed by atoms with Crippen molar-refractivity contribution in [2.75, 3.05) is 11.9 Å². The molecule has 0 saturated heterocycles. The van der Waals surface area contributed by atoms with Crippen molar-refractivity contribution in [3.05, 3.63) is 28.8 Å². The van der Waals surface area contributed by atoms with Crippen LogP contribution in [0.5, 0.6) is 0 Å². The zero-order valence-corrected chi connectivity index (χ0v) is 9.69. The monoisotopic (exact) mass is 269 g/mol. The van der Waals surface area contributed by atoms with Gasteiger partial charge in [0.15, 0.2) is 6.61 Å². The summed E-state index contributed by atoms with van der Waals surface area (Å²) in [4.78, 5) is 25.7. The van der Waals surface area contributed by atoms with Crippen LogP contribution in [0.15, 0.2) is 18.2 Å². The smallest absolute Gasteiger partial charge is 0.343 e. The second-order valence-electron chi connectivity index (χ2n) is 3.05. The molecule has 0 fully saturated rings. The molecule has 94 valence electrons. The normalized spacial score (nSPS) is 9.33. The fraction of sp³-hybridized carbons (Fsp3) is 0.100. The van der Waals surface area contributed by atoms with Crippen LogP contribution in [-0.2, 0) is 9.63 Å². The molecule has 0 aromatic heterocycles. The van der Waals surface area contributed by atoms with Crippen LogP contribution in [-0.4, -0.2) is 23.7 Å². The number of amides is 2. The number of halogens is 1. The summed E-state index contributed by atoms with van der Waals surface area (Å²) in [5, 5.41) is 19.5. The zero-order chi connectivity index (χ0) is 13.5. The standard InChI is InChI=1S/C10H8ClN3O4/c11-8-3-7(2-1-6(8)4-12)13-10(17)14-18-5-9(15)16/h1-3H,5H2,(H,15,16)(H2,13,14,17). The van der Waals surface area contributed by atoms with Crippen molar-refractivity contribution in [3.63, 3.8) is 0 Å². The van der Waals surface area contributed by atoms with Crippen molar-refractivity contribution in [2.24, 2.45) is 0 Å². The summed E-state index contributed by atoms with van der Waals surface area (Å²) in [7, 11) is 0. The van der Waals surface area contributed by atoms with E-state index in [0.717, 1.165) is 0 Å². The molecule has 7 nitrogen and oxygen atoms in total. The van der Waals surface area contributed by atoms with Gasteiger partial charge in [0.1, 0.15) is 6.07 Å². The molecular weight excluding hydrogens is 262 g/mol. The Labute approximate surface area is 107 Å². The Morgan fingerprint density at radius 3 is 2.78 bits per heavy atom. The maximum Gasteiger partial charge on any atom is 0.343 e. The van der Waals surface area contributed by atoms with Crippen LogP contribution < -0.4 is 10.8 Å². The lowest BCUT2D eigenvalue weighted by atomic mass is 10.2. The number of nitrogens with one attached hydrogen (secondary N) is 2. The van der Waals surface area contributed by atoms with E-state index in [-0.39, 0.29) is 10.6 Å². The van der Waals surface area contributed by atoms with Crippen LogP contribution in [0.25, 0.3) is 0 Å². The fourth-order valence-electron chi connectivity index (χ4n) is 1.00. The van der Waals surface area contributed by atoms with Crippen molar-refractivity contribution in [1.29, 1.82) is 5.26 Å². The number of nitrogens with zero attached hydrogens (tertiary/aromatic N) is 1. The number of carboxylic acid groups (broad SMARTS) is 1. The molecule has 0 heterocycles. The van der Waals surface area contributed by atoms with Gasteiger partial charge in [-0.1, -0.05) is 11.6 Å². The molecule has 1 rings (SSSR count). The number of carbonyl (C=O) groups is 2. The van der Waals surface area contributed by atoms with Gasteiger partial charge in [-0.25, -0.2) is 15.1 Å². The molecule has 8 heteroatoms. The first-order chi connectivity index (χ1) is 8.52. The maximum atomic E-state index is 11.2. The first-order valence-corrected chi connectivity index (χ1v) is 5.01. The van der Waals surface area contributed by atoms with Crippen molar-refractivity contribution in [2.45, 2.75) is 0 Å². The summed E-state index contributed by atoms with van der Waals surface area (Å²) < 4.78 is 0. The zero-order valence-electron chi connectivity index (χ0n) is 8.94. The quantitative estimate of drug-likeness (QED) is 0.714. The summed E-state index contributed by atoms with van der Waals surface area (Å²) in [6.45, 7) is -0.651. The first kappa shape index (κ1) is 13.8. The Kier molecular flexibility index (Phi) is 4.92. The van der Waals surface area contributed by atoms with E-state index < -0.39 is 18.6 Å². The number of rotatable bonds is 4. The van der Waals surface area contributed by atoms with Crippen LogP contribution in [0.1, 0.15) is 5.56 Å². The maximum absolute atomic E-state index is 11.2. The minimum absolute atomic E-state index is 0.196. The minimum Gasteiger partial charge on any atom is -0.479 e. The highest BCUT2D eigenvalue weighted by Gasteiger charge is 2.05. The Morgan fingerprint density at radius 1 is 1.50 bits per heavy atom. The summed E-state index contributed by atoms with van der Waals surface area (Å²) in [5.41, 5.74) is 2.50. The summed E-state index contributed by atoms with van der Waals surface area (Å²) in [6.07, 6.45) is 0. The average Bonchev–Trinajstić information content (AvgIpc) is 2.28. The molecule has 2 amide bonds. The average molecular weight is 270 g/mol. The van der Waals surface area contributed by atoms with Crippen molar-refractivity contribution in [1.82, 2.24) is 5.48 Å². The number of hydrogen-bond donors (Lipinski definition) is 3. The summed E-state index contributed by atoms with van der Waals surface area (Å²) in [6, 6.07) is 5.42. The molecule has 0 aliphatic carbocycles. The lowest BCUT2D eigenvalue weighted by Gasteiger charge is -2.07. The molecule has 0 atom stereocenters. The number of urea groups is 1. The van der Waals surface area contributed by atoms with E-state index in [1.807, 2.05) is 11.5 Å². The van der Waals surface area contributed by atoms with E-state index in [4.69, 9.17) is 22.0 Å². The molecule has 0 aliphatic heterocycles. The van der Waals surface area contributed by atoms with Gasteiger partial charge < -0.3 is 10.4 Å². The molecule has 1 aromatic rings.